The van der Waals surface area contributed by atoms with Crippen LogP contribution in [0.15, 0.2) is 21.5 Å². The van der Waals surface area contributed by atoms with E-state index in [4.69, 9.17) is 10.7 Å². The molecule has 0 bridgehead atoms. The van der Waals surface area contributed by atoms with E-state index in [2.05, 4.69) is 38.5 Å². The molecule has 0 heterocycles. The van der Waals surface area contributed by atoms with Crippen LogP contribution in [0, 0.1) is 10.5 Å². The van der Waals surface area contributed by atoms with Crippen LogP contribution in [0.1, 0.15) is 5.56 Å². The molecule has 0 aliphatic heterocycles. The lowest BCUT2D eigenvalue weighted by Crippen LogP contribution is -1.95. The molecule has 72 valence electrons. The number of rotatable bonds is 1. The fraction of sp³-hybridized carbons (Fsp3) is 0.143. The summed E-state index contributed by atoms with van der Waals surface area (Å²) in [6.07, 6.45) is 0. The lowest BCUT2D eigenvalue weighted by Gasteiger charge is -2.04. The van der Waals surface area contributed by atoms with Crippen molar-refractivity contribution in [2.24, 2.45) is 0 Å². The maximum absolute atomic E-state index is 11.1. The van der Waals surface area contributed by atoms with E-state index in [9.17, 15) is 8.42 Å². The zero-order valence-electron chi connectivity index (χ0n) is 6.51. The first kappa shape index (κ1) is 11.7. The van der Waals surface area contributed by atoms with Crippen LogP contribution in [0.25, 0.3) is 0 Å². The van der Waals surface area contributed by atoms with E-state index in [1.54, 1.807) is 13.0 Å². The molecule has 2 nitrogen and oxygen atoms in total. The highest BCUT2D eigenvalue weighted by atomic mass is 127. The topological polar surface area (TPSA) is 34.1 Å². The van der Waals surface area contributed by atoms with Crippen LogP contribution in [0.4, 0.5) is 0 Å². The van der Waals surface area contributed by atoms with E-state index in [-0.39, 0.29) is 4.90 Å². The predicted octanol–water partition coefficient (Wildman–Crippen LogP) is 3.29. The third kappa shape index (κ3) is 2.81. The fourth-order valence-electron chi connectivity index (χ4n) is 0.891. The first-order valence-corrected chi connectivity index (χ1v) is 7.41. The Bertz CT molecular complexity index is 444. The van der Waals surface area contributed by atoms with Gasteiger partial charge in [-0.2, -0.15) is 0 Å². The lowest BCUT2D eigenvalue weighted by molar-refractivity contribution is 0.609. The van der Waals surface area contributed by atoms with Crippen molar-refractivity contribution in [1.82, 2.24) is 0 Å². The summed E-state index contributed by atoms with van der Waals surface area (Å²) in [5.41, 5.74) is 0.655. The average molecular weight is 395 g/mol. The predicted molar refractivity (Wildman–Crippen MR) is 64.6 cm³/mol. The van der Waals surface area contributed by atoms with Crippen molar-refractivity contribution in [3.05, 3.63) is 25.7 Å². The Morgan fingerprint density at radius 2 is 2.00 bits per heavy atom. The second-order valence-electron chi connectivity index (χ2n) is 2.47. The molecule has 0 unspecified atom stereocenters. The summed E-state index contributed by atoms with van der Waals surface area (Å²) in [4.78, 5) is 0.154. The molecular formula is C7H5BrClIO2S. The van der Waals surface area contributed by atoms with Crippen LogP contribution in [0.2, 0.25) is 0 Å². The highest BCUT2D eigenvalue weighted by molar-refractivity contribution is 14.1. The monoisotopic (exact) mass is 394 g/mol. The first-order valence-electron chi connectivity index (χ1n) is 3.22. The molecule has 1 aromatic carbocycles. The molecule has 0 saturated heterocycles. The number of benzene rings is 1. The van der Waals surface area contributed by atoms with Gasteiger partial charge in [0.1, 0.15) is 0 Å². The SMILES string of the molecule is Cc1cc(I)c(Br)cc1S(=O)(=O)Cl. The largest absolute Gasteiger partial charge is 0.261 e. The molecule has 0 fully saturated rings. The minimum Gasteiger partial charge on any atom is -0.207 e. The highest BCUT2D eigenvalue weighted by Crippen LogP contribution is 2.27. The summed E-state index contributed by atoms with van der Waals surface area (Å²) < 4.78 is 23.8. The Hall–Kier alpha value is 0.670. The smallest absolute Gasteiger partial charge is 0.207 e. The van der Waals surface area contributed by atoms with Crippen molar-refractivity contribution in [2.75, 3.05) is 0 Å². The van der Waals surface area contributed by atoms with Gasteiger partial charge in [-0.05, 0) is 63.1 Å². The van der Waals surface area contributed by atoms with Gasteiger partial charge in [0.25, 0.3) is 9.05 Å². The minimum atomic E-state index is -3.63. The summed E-state index contributed by atoms with van der Waals surface area (Å²) in [6, 6.07) is 3.28. The molecule has 0 aliphatic carbocycles. The summed E-state index contributed by atoms with van der Waals surface area (Å²) >= 11 is 5.35. The Kier molecular flexibility index (Phi) is 3.65. The fourth-order valence-corrected chi connectivity index (χ4v) is 3.21. The minimum absolute atomic E-state index is 0.154. The van der Waals surface area contributed by atoms with E-state index in [1.165, 1.54) is 6.07 Å². The van der Waals surface area contributed by atoms with Crippen LogP contribution in [-0.4, -0.2) is 8.42 Å². The normalized spacial score (nSPS) is 11.7. The molecular weight excluding hydrogens is 390 g/mol. The van der Waals surface area contributed by atoms with Crippen LogP contribution >= 0.6 is 49.2 Å². The number of hydrogen-bond acceptors (Lipinski definition) is 2. The first-order chi connectivity index (χ1) is 5.82. The van der Waals surface area contributed by atoms with Crippen molar-refractivity contribution in [3.8, 4) is 0 Å². The van der Waals surface area contributed by atoms with Gasteiger partial charge in [-0.15, -0.1) is 0 Å². The van der Waals surface area contributed by atoms with Gasteiger partial charge in [-0.25, -0.2) is 8.42 Å². The van der Waals surface area contributed by atoms with Gasteiger partial charge in [-0.1, -0.05) is 0 Å². The van der Waals surface area contributed by atoms with Gasteiger partial charge >= 0.3 is 0 Å². The Morgan fingerprint density at radius 1 is 1.46 bits per heavy atom. The molecule has 0 N–H and O–H groups in total. The molecule has 0 spiro atoms. The molecule has 6 heteroatoms. The molecule has 0 radical (unpaired) electrons. The third-order valence-corrected chi connectivity index (χ3v) is 5.23. The highest BCUT2D eigenvalue weighted by Gasteiger charge is 2.14. The summed E-state index contributed by atoms with van der Waals surface area (Å²) in [5, 5.41) is 0. The zero-order chi connectivity index (χ0) is 10.2. The summed E-state index contributed by atoms with van der Waals surface area (Å²) in [7, 11) is 1.60. The van der Waals surface area contributed by atoms with Crippen molar-refractivity contribution in [1.29, 1.82) is 0 Å². The lowest BCUT2D eigenvalue weighted by atomic mass is 10.2. The van der Waals surface area contributed by atoms with Crippen LogP contribution in [-0.2, 0) is 9.05 Å². The molecule has 0 amide bonds. The van der Waals surface area contributed by atoms with E-state index >= 15 is 0 Å². The van der Waals surface area contributed by atoms with E-state index in [0.29, 0.717) is 5.56 Å². The van der Waals surface area contributed by atoms with Crippen molar-refractivity contribution < 1.29 is 8.42 Å². The van der Waals surface area contributed by atoms with Gasteiger partial charge in [0.2, 0.25) is 0 Å². The molecule has 0 aliphatic rings. The van der Waals surface area contributed by atoms with Crippen molar-refractivity contribution in [2.45, 2.75) is 11.8 Å². The third-order valence-electron chi connectivity index (χ3n) is 1.48. The van der Waals surface area contributed by atoms with Crippen molar-refractivity contribution in [3.63, 3.8) is 0 Å². The Labute approximate surface area is 103 Å². The summed E-state index contributed by atoms with van der Waals surface area (Å²) in [6.45, 7) is 1.71. The molecule has 1 rings (SSSR count). The van der Waals surface area contributed by atoms with Gasteiger partial charge in [0, 0.05) is 18.7 Å². The standard InChI is InChI=1S/C7H5BrClIO2S/c1-4-2-6(10)5(8)3-7(4)13(9,11)12/h2-3H,1H3. The number of hydrogen-bond donors (Lipinski definition) is 0. The maximum atomic E-state index is 11.1. The second-order valence-corrected chi connectivity index (χ2v) is 7.02. The maximum Gasteiger partial charge on any atom is 0.261 e. The Balaban J connectivity index is 3.50. The van der Waals surface area contributed by atoms with Crippen LogP contribution in [0.3, 0.4) is 0 Å². The van der Waals surface area contributed by atoms with E-state index in [0.717, 1.165) is 8.04 Å². The van der Waals surface area contributed by atoms with Crippen LogP contribution < -0.4 is 0 Å². The quantitative estimate of drug-likeness (QED) is 0.540. The molecule has 1 aromatic rings. The zero-order valence-corrected chi connectivity index (χ0v) is 11.8. The van der Waals surface area contributed by atoms with Crippen molar-refractivity contribution >= 4 is 58.3 Å². The average Bonchev–Trinajstić information content (AvgIpc) is 1.94. The molecule has 0 atom stereocenters. The Morgan fingerprint density at radius 3 is 2.46 bits per heavy atom. The van der Waals surface area contributed by atoms with E-state index < -0.39 is 9.05 Å². The van der Waals surface area contributed by atoms with Gasteiger partial charge in [0.15, 0.2) is 0 Å². The van der Waals surface area contributed by atoms with Crippen LogP contribution in [0.5, 0.6) is 0 Å². The molecule has 13 heavy (non-hydrogen) atoms. The molecule has 0 saturated carbocycles. The van der Waals surface area contributed by atoms with Gasteiger partial charge in [0.05, 0.1) is 4.90 Å². The number of halogens is 3. The van der Waals surface area contributed by atoms with Gasteiger partial charge in [-0.3, -0.25) is 0 Å². The van der Waals surface area contributed by atoms with E-state index in [1.807, 2.05) is 0 Å². The molecule has 0 aromatic heterocycles. The van der Waals surface area contributed by atoms with Gasteiger partial charge < -0.3 is 0 Å². The second kappa shape index (κ2) is 4.04. The number of aryl methyl sites for hydroxylation is 1. The summed E-state index contributed by atoms with van der Waals surface area (Å²) in [5.74, 6) is 0.